The van der Waals surface area contributed by atoms with Crippen LogP contribution >= 0.6 is 11.6 Å². The van der Waals surface area contributed by atoms with Gasteiger partial charge < -0.3 is 24.1 Å². The first-order valence-electron chi connectivity index (χ1n) is 15.8. The molecule has 3 aliphatic rings. The lowest BCUT2D eigenvalue weighted by Crippen LogP contribution is -2.53. The highest BCUT2D eigenvalue weighted by Gasteiger charge is 2.76. The summed E-state index contributed by atoms with van der Waals surface area (Å²) in [4.78, 5) is 45.9. The Labute approximate surface area is 273 Å². The van der Waals surface area contributed by atoms with E-state index in [9.17, 15) is 14.4 Å². The van der Waals surface area contributed by atoms with E-state index in [-0.39, 0.29) is 25.0 Å². The molecular formula is C37H37ClN2O6. The largest absolute Gasteiger partial charge is 0.457 e. The Morgan fingerprint density at radius 2 is 1.72 bits per heavy atom. The number of amides is 1. The SMILES string of the molecule is CC1(C)[C@@]2(C(=O)O[C@H]3CN(C(=O)OCc4ccccc4)CC[C@@H]3c3c(-c4ccccc4)[nH]c4ccc(Cl)cc34)CC[C@]1(C)C(=O)O2. The number of carbonyl (C=O) groups is 3. The second-order valence-electron chi connectivity index (χ2n) is 13.5. The van der Waals surface area contributed by atoms with Crippen LogP contribution in [0.25, 0.3) is 22.2 Å². The number of carbonyl (C=O) groups excluding carboxylic acids is 3. The minimum Gasteiger partial charge on any atom is -0.457 e. The Bertz CT molecular complexity index is 1820. The lowest BCUT2D eigenvalue weighted by Gasteiger charge is -2.41. The molecule has 0 radical (unpaired) electrons. The van der Waals surface area contributed by atoms with Crippen molar-refractivity contribution in [1.82, 2.24) is 9.88 Å². The van der Waals surface area contributed by atoms with E-state index in [0.29, 0.717) is 30.8 Å². The maximum Gasteiger partial charge on any atom is 0.410 e. The molecule has 8 nitrogen and oxygen atoms in total. The van der Waals surface area contributed by atoms with Crippen molar-refractivity contribution in [3.8, 4) is 11.3 Å². The summed E-state index contributed by atoms with van der Waals surface area (Å²) in [5.74, 6) is -1.24. The van der Waals surface area contributed by atoms with E-state index in [1.54, 1.807) is 4.90 Å². The number of ether oxygens (including phenoxy) is 3. The summed E-state index contributed by atoms with van der Waals surface area (Å²) >= 11 is 6.52. The molecule has 1 N–H and O–H groups in total. The van der Waals surface area contributed by atoms with E-state index in [4.69, 9.17) is 25.8 Å². The number of esters is 2. The van der Waals surface area contributed by atoms with Crippen LogP contribution in [-0.4, -0.2) is 52.7 Å². The number of nitrogens with zero attached hydrogens (tertiary/aromatic N) is 1. The van der Waals surface area contributed by atoms with Crippen LogP contribution in [0.5, 0.6) is 0 Å². The lowest BCUT2D eigenvalue weighted by molar-refractivity contribution is -0.189. The van der Waals surface area contributed by atoms with Crippen LogP contribution in [0.4, 0.5) is 4.79 Å². The van der Waals surface area contributed by atoms with Crippen molar-refractivity contribution in [2.24, 2.45) is 10.8 Å². The third kappa shape index (κ3) is 4.68. The van der Waals surface area contributed by atoms with E-state index in [1.807, 2.05) is 99.6 Å². The third-order valence-corrected chi connectivity index (χ3v) is 11.2. The molecule has 3 heterocycles. The molecule has 7 rings (SSSR count). The molecule has 2 aliphatic heterocycles. The Kier molecular flexibility index (Phi) is 7.39. The predicted molar refractivity (Wildman–Crippen MR) is 174 cm³/mol. The Hall–Kier alpha value is -4.30. The van der Waals surface area contributed by atoms with Crippen LogP contribution in [0.15, 0.2) is 78.9 Å². The van der Waals surface area contributed by atoms with Crippen molar-refractivity contribution in [1.29, 1.82) is 0 Å². The van der Waals surface area contributed by atoms with Crippen LogP contribution in [0.1, 0.15) is 57.1 Å². The number of H-pyrrole nitrogens is 1. The minimum absolute atomic E-state index is 0.118. The molecule has 1 aromatic heterocycles. The van der Waals surface area contributed by atoms with Crippen molar-refractivity contribution in [2.45, 2.75) is 64.3 Å². The molecule has 4 atom stereocenters. The van der Waals surface area contributed by atoms with Gasteiger partial charge in [0.25, 0.3) is 0 Å². The van der Waals surface area contributed by atoms with Crippen molar-refractivity contribution >= 4 is 40.5 Å². The summed E-state index contributed by atoms with van der Waals surface area (Å²) in [6.07, 6.45) is 0.208. The fraction of sp³-hybridized carbons (Fsp3) is 0.378. The minimum atomic E-state index is -1.40. The van der Waals surface area contributed by atoms with Gasteiger partial charge in [-0.15, -0.1) is 0 Å². The van der Waals surface area contributed by atoms with Gasteiger partial charge in [-0.25, -0.2) is 9.59 Å². The molecule has 1 aliphatic carbocycles. The van der Waals surface area contributed by atoms with Gasteiger partial charge in [-0.1, -0.05) is 86.1 Å². The maximum atomic E-state index is 14.3. The van der Waals surface area contributed by atoms with Crippen molar-refractivity contribution < 1.29 is 28.6 Å². The topological polar surface area (TPSA) is 97.9 Å². The van der Waals surface area contributed by atoms with Crippen LogP contribution in [0.3, 0.4) is 0 Å². The van der Waals surface area contributed by atoms with Gasteiger partial charge in [0.05, 0.1) is 17.7 Å². The van der Waals surface area contributed by atoms with Crippen LogP contribution in [0, 0.1) is 10.8 Å². The van der Waals surface area contributed by atoms with Gasteiger partial charge in [0.15, 0.2) is 0 Å². The standard InChI is InChI=1S/C37H37ClN2O6/c1-35(2)36(3)17-18-37(35,46-32(36)41)33(42)45-29-21-40(34(43)44-22-23-10-6-4-7-11-23)19-16-26(29)30-27-20-25(38)14-15-28(27)39-31(30)24-12-8-5-9-13-24/h4-15,20,26,29,39H,16-19,21-22H2,1-3H3/t26-,29-,36+,37-/m0/s1. The first kappa shape index (κ1) is 30.4. The lowest BCUT2D eigenvalue weighted by atomic mass is 9.66. The number of aromatic nitrogens is 1. The van der Waals surface area contributed by atoms with E-state index in [0.717, 1.165) is 33.3 Å². The number of likely N-dealkylation sites (tertiary alicyclic amines) is 1. The molecule has 1 amide bonds. The molecule has 3 aromatic carbocycles. The number of halogens is 1. The molecule has 0 unspecified atom stereocenters. The first-order valence-corrected chi connectivity index (χ1v) is 16.2. The summed E-state index contributed by atoms with van der Waals surface area (Å²) in [5, 5.41) is 1.52. The molecule has 46 heavy (non-hydrogen) atoms. The van der Waals surface area contributed by atoms with Crippen molar-refractivity contribution in [3.63, 3.8) is 0 Å². The quantitative estimate of drug-likeness (QED) is 0.172. The summed E-state index contributed by atoms with van der Waals surface area (Å²) in [6, 6.07) is 25.2. The highest BCUT2D eigenvalue weighted by Crippen LogP contribution is 2.66. The van der Waals surface area contributed by atoms with Crippen molar-refractivity contribution in [2.75, 3.05) is 13.1 Å². The summed E-state index contributed by atoms with van der Waals surface area (Å²) in [7, 11) is 0. The second-order valence-corrected chi connectivity index (χ2v) is 13.9. The molecule has 2 bridgehead atoms. The summed E-state index contributed by atoms with van der Waals surface area (Å²) in [5.41, 5.74) is 1.70. The Balaban J connectivity index is 1.26. The van der Waals surface area contributed by atoms with E-state index >= 15 is 0 Å². The van der Waals surface area contributed by atoms with Gasteiger partial charge in [-0.3, -0.25) is 4.79 Å². The van der Waals surface area contributed by atoms with Gasteiger partial charge in [-0.05, 0) is 61.1 Å². The summed E-state index contributed by atoms with van der Waals surface area (Å²) < 4.78 is 18.0. The van der Waals surface area contributed by atoms with E-state index in [2.05, 4.69) is 4.98 Å². The van der Waals surface area contributed by atoms with Gasteiger partial charge in [0, 0.05) is 33.8 Å². The van der Waals surface area contributed by atoms with Gasteiger partial charge in [-0.2, -0.15) is 0 Å². The van der Waals surface area contributed by atoms with Gasteiger partial charge >= 0.3 is 18.0 Å². The van der Waals surface area contributed by atoms with E-state index < -0.39 is 34.6 Å². The van der Waals surface area contributed by atoms with Gasteiger partial charge in [0.2, 0.25) is 5.60 Å². The normalized spacial score (nSPS) is 26.6. The average molecular weight is 641 g/mol. The fourth-order valence-electron chi connectivity index (χ4n) is 7.68. The number of piperidine rings is 1. The molecule has 9 heteroatoms. The smallest absolute Gasteiger partial charge is 0.410 e. The highest BCUT2D eigenvalue weighted by atomic mass is 35.5. The molecule has 0 spiro atoms. The van der Waals surface area contributed by atoms with Crippen LogP contribution in [0.2, 0.25) is 5.02 Å². The molecule has 238 valence electrons. The van der Waals surface area contributed by atoms with Crippen molar-refractivity contribution in [3.05, 3.63) is 95.0 Å². The Morgan fingerprint density at radius 1 is 1.00 bits per heavy atom. The number of fused-ring (bicyclic) bond motifs is 3. The number of hydrogen-bond donors (Lipinski definition) is 1. The number of hydrogen-bond acceptors (Lipinski definition) is 6. The number of aromatic amines is 1. The number of rotatable bonds is 6. The van der Waals surface area contributed by atoms with E-state index in [1.165, 1.54) is 0 Å². The van der Waals surface area contributed by atoms with Gasteiger partial charge in [0.1, 0.15) is 12.7 Å². The highest BCUT2D eigenvalue weighted by molar-refractivity contribution is 6.31. The third-order valence-electron chi connectivity index (χ3n) is 10.9. The molecule has 1 saturated carbocycles. The maximum absolute atomic E-state index is 14.3. The van der Waals surface area contributed by atoms with Crippen LogP contribution < -0.4 is 0 Å². The zero-order chi connectivity index (χ0) is 32.3. The summed E-state index contributed by atoms with van der Waals surface area (Å²) in [6.45, 7) is 6.34. The average Bonchev–Trinajstić information content (AvgIpc) is 3.58. The number of nitrogens with one attached hydrogen (secondary N) is 1. The fourth-order valence-corrected chi connectivity index (χ4v) is 7.85. The molecule has 2 saturated heterocycles. The molecule has 3 fully saturated rings. The Morgan fingerprint density at radius 3 is 2.39 bits per heavy atom. The monoisotopic (exact) mass is 640 g/mol. The zero-order valence-corrected chi connectivity index (χ0v) is 26.9. The molecular weight excluding hydrogens is 604 g/mol. The zero-order valence-electron chi connectivity index (χ0n) is 26.2. The second kappa shape index (κ2) is 11.2. The predicted octanol–water partition coefficient (Wildman–Crippen LogP) is 7.65. The van der Waals surface area contributed by atoms with Crippen LogP contribution in [-0.2, 0) is 30.4 Å². The number of benzene rings is 3. The first-order chi connectivity index (χ1) is 22.0. The molecule has 4 aromatic rings.